The molecular weight excluding hydrogens is 242 g/mol. The molecule has 6 heteroatoms. The second kappa shape index (κ2) is 7.51. The zero-order valence-electron chi connectivity index (χ0n) is 11.8. The number of carbonyl (C=O) groups excluding carboxylic acids is 1. The predicted octanol–water partition coefficient (Wildman–Crippen LogP) is 2.49. The normalized spacial score (nSPS) is 13.6. The Kier molecular flexibility index (Phi) is 7.13. The third kappa shape index (κ3) is 8.22. The van der Waals surface area contributed by atoms with E-state index >= 15 is 0 Å². The minimum atomic E-state index is -2.37. The number of nitrogens with one attached hydrogen (secondary N) is 1. The third-order valence-electron chi connectivity index (χ3n) is 2.22. The molecule has 0 aliphatic heterocycles. The van der Waals surface area contributed by atoms with Crippen LogP contribution >= 0.6 is 0 Å². The van der Waals surface area contributed by atoms with Gasteiger partial charge in [-0.05, 0) is 40.7 Å². The summed E-state index contributed by atoms with van der Waals surface area (Å²) in [5.41, 5.74) is -0.520. The lowest BCUT2D eigenvalue weighted by molar-refractivity contribution is 0.0295. The van der Waals surface area contributed by atoms with Gasteiger partial charge >= 0.3 is 6.09 Å². The number of ether oxygens (including phenoxy) is 1. The van der Waals surface area contributed by atoms with Crippen molar-refractivity contribution >= 4 is 6.09 Å². The molecule has 0 aromatic rings. The van der Waals surface area contributed by atoms with Crippen molar-refractivity contribution in [3.63, 3.8) is 0 Å². The summed E-state index contributed by atoms with van der Waals surface area (Å²) in [7, 11) is 1.63. The first-order valence-electron chi connectivity index (χ1n) is 6.09. The molecule has 0 aliphatic rings. The van der Waals surface area contributed by atoms with Gasteiger partial charge in [-0.2, -0.15) is 0 Å². The third-order valence-corrected chi connectivity index (χ3v) is 2.22. The molecule has 0 aromatic carbocycles. The molecule has 0 fully saturated rings. The number of nitrogens with zero attached hydrogens (tertiary/aromatic N) is 1. The van der Waals surface area contributed by atoms with Crippen LogP contribution in [0.15, 0.2) is 0 Å². The van der Waals surface area contributed by atoms with Gasteiger partial charge in [-0.15, -0.1) is 0 Å². The van der Waals surface area contributed by atoms with Crippen molar-refractivity contribution in [2.24, 2.45) is 0 Å². The molecule has 4 nitrogen and oxygen atoms in total. The molecule has 1 atom stereocenters. The van der Waals surface area contributed by atoms with Gasteiger partial charge in [-0.25, -0.2) is 13.6 Å². The fraction of sp³-hybridized carbons (Fsp3) is 0.917. The van der Waals surface area contributed by atoms with Crippen LogP contribution in [0.3, 0.4) is 0 Å². The highest BCUT2D eigenvalue weighted by Gasteiger charge is 2.19. The summed E-state index contributed by atoms with van der Waals surface area (Å²) in [6.07, 6.45) is -2.16. The second-order valence-electron chi connectivity index (χ2n) is 5.33. The number of hydrogen-bond acceptors (Lipinski definition) is 3. The fourth-order valence-corrected chi connectivity index (χ4v) is 1.17. The molecular formula is C12H24F2N2O2. The number of rotatable bonds is 6. The molecule has 18 heavy (non-hydrogen) atoms. The highest BCUT2D eigenvalue weighted by atomic mass is 19.3. The Hall–Kier alpha value is -0.910. The zero-order chi connectivity index (χ0) is 14.3. The van der Waals surface area contributed by atoms with E-state index in [1.807, 2.05) is 0 Å². The standard InChI is InChI=1S/C12H24F2N2O2/c1-9(10(13)14)15-7-6-8-16(5)11(17)18-12(2,3)4/h9-10,15H,6-8H2,1-5H3. The van der Waals surface area contributed by atoms with Crippen molar-refractivity contribution in [1.29, 1.82) is 0 Å². The van der Waals surface area contributed by atoms with Crippen molar-refractivity contribution in [3.8, 4) is 0 Å². The van der Waals surface area contributed by atoms with E-state index in [2.05, 4.69) is 5.32 Å². The lowest BCUT2D eigenvalue weighted by Crippen LogP contribution is -2.37. The zero-order valence-corrected chi connectivity index (χ0v) is 11.8. The van der Waals surface area contributed by atoms with Gasteiger partial charge in [0, 0.05) is 13.6 Å². The van der Waals surface area contributed by atoms with E-state index in [1.165, 1.54) is 11.8 Å². The van der Waals surface area contributed by atoms with Gasteiger partial charge in [-0.1, -0.05) is 0 Å². The molecule has 1 N–H and O–H groups in total. The molecule has 0 spiro atoms. The Labute approximate surface area is 108 Å². The second-order valence-corrected chi connectivity index (χ2v) is 5.33. The summed E-state index contributed by atoms with van der Waals surface area (Å²) in [6, 6.07) is -0.822. The number of alkyl halides is 2. The quantitative estimate of drug-likeness (QED) is 0.751. The van der Waals surface area contributed by atoms with Gasteiger partial charge in [0.25, 0.3) is 6.43 Å². The Morgan fingerprint density at radius 3 is 2.39 bits per heavy atom. The van der Waals surface area contributed by atoms with E-state index in [1.54, 1.807) is 27.8 Å². The maximum absolute atomic E-state index is 12.2. The maximum atomic E-state index is 12.2. The van der Waals surface area contributed by atoms with Gasteiger partial charge in [0.1, 0.15) is 5.60 Å². The molecule has 0 aliphatic carbocycles. The van der Waals surface area contributed by atoms with Gasteiger partial charge in [0.05, 0.1) is 6.04 Å². The minimum Gasteiger partial charge on any atom is -0.444 e. The van der Waals surface area contributed by atoms with E-state index in [4.69, 9.17) is 4.74 Å². The highest BCUT2D eigenvalue weighted by Crippen LogP contribution is 2.09. The summed E-state index contributed by atoms with van der Waals surface area (Å²) in [4.78, 5) is 13.0. The van der Waals surface area contributed by atoms with Crippen molar-refractivity contribution in [1.82, 2.24) is 10.2 Å². The Morgan fingerprint density at radius 2 is 1.94 bits per heavy atom. The lowest BCUT2D eigenvalue weighted by Gasteiger charge is -2.24. The summed E-state index contributed by atoms with van der Waals surface area (Å²) in [6.45, 7) is 7.73. The van der Waals surface area contributed by atoms with Crippen LogP contribution in [0.5, 0.6) is 0 Å². The average Bonchev–Trinajstić information content (AvgIpc) is 2.20. The van der Waals surface area contributed by atoms with Crippen LogP contribution in [-0.4, -0.2) is 49.2 Å². The van der Waals surface area contributed by atoms with E-state index < -0.39 is 24.2 Å². The monoisotopic (exact) mass is 266 g/mol. The number of amides is 1. The van der Waals surface area contributed by atoms with Crippen LogP contribution < -0.4 is 5.32 Å². The van der Waals surface area contributed by atoms with Crippen LogP contribution in [0, 0.1) is 0 Å². The molecule has 0 saturated heterocycles. The smallest absolute Gasteiger partial charge is 0.410 e. The molecule has 0 aromatic heterocycles. The molecule has 0 rings (SSSR count). The van der Waals surface area contributed by atoms with Crippen LogP contribution in [0.2, 0.25) is 0 Å². The first kappa shape index (κ1) is 17.1. The lowest BCUT2D eigenvalue weighted by atomic mass is 10.2. The summed E-state index contributed by atoms with van der Waals surface area (Å²) in [5, 5.41) is 2.70. The van der Waals surface area contributed by atoms with Crippen LogP contribution in [-0.2, 0) is 4.74 Å². The minimum absolute atomic E-state index is 0.399. The first-order valence-corrected chi connectivity index (χ1v) is 6.09. The van der Waals surface area contributed by atoms with Crippen molar-refractivity contribution in [3.05, 3.63) is 0 Å². The first-order chi connectivity index (χ1) is 8.13. The van der Waals surface area contributed by atoms with Crippen LogP contribution in [0.25, 0.3) is 0 Å². The van der Waals surface area contributed by atoms with E-state index in [0.717, 1.165) is 0 Å². The van der Waals surface area contributed by atoms with Crippen LogP contribution in [0.4, 0.5) is 13.6 Å². The summed E-state index contributed by atoms with van der Waals surface area (Å²) < 4.78 is 29.5. The van der Waals surface area contributed by atoms with Crippen molar-refractivity contribution in [2.45, 2.75) is 52.2 Å². The van der Waals surface area contributed by atoms with E-state index in [-0.39, 0.29) is 0 Å². The molecule has 0 bridgehead atoms. The van der Waals surface area contributed by atoms with Crippen molar-refractivity contribution < 1.29 is 18.3 Å². The van der Waals surface area contributed by atoms with Crippen molar-refractivity contribution in [2.75, 3.05) is 20.1 Å². The van der Waals surface area contributed by atoms with Gasteiger partial charge in [0.15, 0.2) is 0 Å². The summed E-state index contributed by atoms with van der Waals surface area (Å²) in [5.74, 6) is 0. The summed E-state index contributed by atoms with van der Waals surface area (Å²) >= 11 is 0. The largest absolute Gasteiger partial charge is 0.444 e. The molecule has 108 valence electrons. The average molecular weight is 266 g/mol. The number of halogens is 2. The van der Waals surface area contributed by atoms with E-state index in [9.17, 15) is 13.6 Å². The van der Waals surface area contributed by atoms with Gasteiger partial charge in [-0.3, -0.25) is 0 Å². The topological polar surface area (TPSA) is 41.6 Å². The molecule has 0 radical (unpaired) electrons. The number of carbonyl (C=O) groups is 1. The fourth-order valence-electron chi connectivity index (χ4n) is 1.17. The molecule has 1 amide bonds. The Morgan fingerprint density at radius 1 is 1.39 bits per heavy atom. The number of hydrogen-bond donors (Lipinski definition) is 1. The maximum Gasteiger partial charge on any atom is 0.410 e. The van der Waals surface area contributed by atoms with Gasteiger partial charge in [0.2, 0.25) is 0 Å². The van der Waals surface area contributed by atoms with E-state index in [0.29, 0.717) is 19.5 Å². The molecule has 0 heterocycles. The van der Waals surface area contributed by atoms with Gasteiger partial charge < -0.3 is 15.0 Å². The molecule has 1 unspecified atom stereocenters. The Bertz CT molecular complexity index is 255. The Balaban J connectivity index is 3.77. The highest BCUT2D eigenvalue weighted by molar-refractivity contribution is 5.67. The predicted molar refractivity (Wildman–Crippen MR) is 66.9 cm³/mol. The van der Waals surface area contributed by atoms with Crippen LogP contribution in [0.1, 0.15) is 34.1 Å². The molecule has 0 saturated carbocycles. The SMILES string of the molecule is CC(NCCCN(C)C(=O)OC(C)(C)C)C(F)F.